The Kier molecular flexibility index (Phi) is 3.85. The summed E-state index contributed by atoms with van der Waals surface area (Å²) in [5.41, 5.74) is 3.84. The zero-order valence-corrected chi connectivity index (χ0v) is 7.21. The van der Waals surface area contributed by atoms with E-state index in [4.69, 9.17) is 15.9 Å². The zero-order valence-electron chi connectivity index (χ0n) is 6.32. The molecule has 0 amide bonds. The summed E-state index contributed by atoms with van der Waals surface area (Å²) in [5, 5.41) is 17.6. The monoisotopic (exact) mass is 179 g/mol. The minimum absolute atomic E-state index is 0.156. The molecule has 66 valence electrons. The molecule has 2 unspecified atom stereocenters. The summed E-state index contributed by atoms with van der Waals surface area (Å²) in [6.07, 6.45) is -0.907. The van der Waals surface area contributed by atoms with Crippen LogP contribution >= 0.6 is 12.6 Å². The number of carboxylic acids is 1. The van der Waals surface area contributed by atoms with Crippen LogP contribution in [0.3, 0.4) is 0 Å². The second kappa shape index (κ2) is 3.94. The lowest BCUT2D eigenvalue weighted by Gasteiger charge is -2.26. The number of carboxylic acid groups (broad SMARTS) is 1. The standard InChI is InChI=1S/C6H13NO3S/c1-4(8)6(7,2-3-11)5(9)10/h4,8,11H,2-3,7H2,1H3,(H,9,10). The molecule has 0 bridgehead atoms. The number of carbonyl (C=O) groups is 1. The highest BCUT2D eigenvalue weighted by Gasteiger charge is 2.38. The summed E-state index contributed by atoms with van der Waals surface area (Å²) >= 11 is 3.85. The molecule has 5 heteroatoms. The summed E-state index contributed by atoms with van der Waals surface area (Å²) in [6.45, 7) is 1.36. The van der Waals surface area contributed by atoms with Crippen molar-refractivity contribution in [1.82, 2.24) is 0 Å². The first-order valence-corrected chi connectivity index (χ1v) is 3.89. The van der Waals surface area contributed by atoms with Crippen molar-refractivity contribution in [1.29, 1.82) is 0 Å². The third kappa shape index (κ3) is 2.36. The molecular weight excluding hydrogens is 166 g/mol. The van der Waals surface area contributed by atoms with Gasteiger partial charge in [-0.2, -0.15) is 12.6 Å². The fourth-order valence-electron chi connectivity index (χ4n) is 0.680. The van der Waals surface area contributed by atoms with Crippen LogP contribution in [-0.4, -0.2) is 33.6 Å². The van der Waals surface area contributed by atoms with Gasteiger partial charge in [0.05, 0.1) is 6.10 Å². The van der Waals surface area contributed by atoms with Crippen LogP contribution in [-0.2, 0) is 4.79 Å². The quantitative estimate of drug-likeness (QED) is 0.437. The minimum atomic E-state index is -1.55. The summed E-state index contributed by atoms with van der Waals surface area (Å²) in [7, 11) is 0. The fourth-order valence-corrected chi connectivity index (χ4v) is 1.05. The zero-order chi connectivity index (χ0) is 9.07. The van der Waals surface area contributed by atoms with Gasteiger partial charge >= 0.3 is 5.97 Å². The van der Waals surface area contributed by atoms with E-state index in [-0.39, 0.29) is 6.42 Å². The molecule has 0 heterocycles. The lowest BCUT2D eigenvalue weighted by molar-refractivity contribution is -0.147. The fraction of sp³-hybridized carbons (Fsp3) is 0.833. The third-order valence-electron chi connectivity index (χ3n) is 1.67. The van der Waals surface area contributed by atoms with E-state index in [9.17, 15) is 4.79 Å². The molecule has 0 saturated heterocycles. The maximum atomic E-state index is 10.5. The van der Waals surface area contributed by atoms with Crippen molar-refractivity contribution in [3.8, 4) is 0 Å². The van der Waals surface area contributed by atoms with E-state index in [1.807, 2.05) is 0 Å². The predicted molar refractivity (Wildman–Crippen MR) is 44.7 cm³/mol. The molecule has 0 fully saturated rings. The second-order valence-corrected chi connectivity index (χ2v) is 2.94. The van der Waals surface area contributed by atoms with Crippen molar-refractivity contribution in [3.63, 3.8) is 0 Å². The highest BCUT2D eigenvalue weighted by atomic mass is 32.1. The van der Waals surface area contributed by atoms with E-state index in [0.717, 1.165) is 0 Å². The summed E-state index contributed by atoms with van der Waals surface area (Å²) in [6, 6.07) is 0. The van der Waals surface area contributed by atoms with Crippen LogP contribution in [0.1, 0.15) is 13.3 Å². The molecule has 2 atom stereocenters. The van der Waals surface area contributed by atoms with E-state index in [0.29, 0.717) is 5.75 Å². The Bertz CT molecular complexity index is 151. The van der Waals surface area contributed by atoms with Crippen LogP contribution in [0, 0.1) is 0 Å². The van der Waals surface area contributed by atoms with Gasteiger partial charge in [0.1, 0.15) is 5.54 Å². The molecule has 4 nitrogen and oxygen atoms in total. The van der Waals surface area contributed by atoms with E-state index in [1.54, 1.807) is 0 Å². The summed E-state index contributed by atoms with van der Waals surface area (Å²) in [5.74, 6) is -0.852. The Hall–Kier alpha value is -0.260. The van der Waals surface area contributed by atoms with Crippen LogP contribution in [0.4, 0.5) is 0 Å². The Morgan fingerprint density at radius 3 is 2.36 bits per heavy atom. The van der Waals surface area contributed by atoms with Gasteiger partial charge in [0, 0.05) is 0 Å². The SMILES string of the molecule is CC(O)C(N)(CCS)C(=O)O. The normalized spacial score (nSPS) is 18.9. The number of aliphatic hydroxyl groups excluding tert-OH is 1. The Morgan fingerprint density at radius 2 is 2.27 bits per heavy atom. The summed E-state index contributed by atoms with van der Waals surface area (Å²) < 4.78 is 0. The average molecular weight is 179 g/mol. The van der Waals surface area contributed by atoms with Crippen molar-refractivity contribution in [2.24, 2.45) is 5.73 Å². The number of nitrogens with two attached hydrogens (primary N) is 1. The first kappa shape index (κ1) is 10.7. The molecule has 0 aliphatic heterocycles. The molecule has 0 radical (unpaired) electrons. The molecule has 0 spiro atoms. The third-order valence-corrected chi connectivity index (χ3v) is 1.89. The van der Waals surface area contributed by atoms with E-state index < -0.39 is 17.6 Å². The predicted octanol–water partition coefficient (Wildman–Crippen LogP) is -0.531. The number of rotatable bonds is 4. The van der Waals surface area contributed by atoms with Crippen LogP contribution in [0.25, 0.3) is 0 Å². The second-order valence-electron chi connectivity index (χ2n) is 2.50. The number of aliphatic hydroxyl groups is 1. The average Bonchev–Trinajstić information content (AvgIpc) is 1.87. The van der Waals surface area contributed by atoms with Crippen LogP contribution in [0.2, 0.25) is 0 Å². The number of thiol groups is 1. The minimum Gasteiger partial charge on any atom is -0.480 e. The van der Waals surface area contributed by atoms with Gasteiger partial charge in [-0.3, -0.25) is 4.79 Å². The van der Waals surface area contributed by atoms with Gasteiger partial charge < -0.3 is 15.9 Å². The van der Waals surface area contributed by atoms with Crippen molar-refractivity contribution in [2.75, 3.05) is 5.75 Å². The smallest absolute Gasteiger partial charge is 0.326 e. The number of hydrogen-bond donors (Lipinski definition) is 4. The first-order valence-electron chi connectivity index (χ1n) is 3.26. The van der Waals surface area contributed by atoms with Crippen molar-refractivity contribution >= 4 is 18.6 Å². The Balaban J connectivity index is 4.38. The van der Waals surface area contributed by atoms with Crippen LogP contribution in [0.5, 0.6) is 0 Å². The van der Waals surface area contributed by atoms with Gasteiger partial charge in [-0.15, -0.1) is 0 Å². The lowest BCUT2D eigenvalue weighted by Crippen LogP contribution is -2.56. The summed E-state index contributed by atoms with van der Waals surface area (Å²) in [4.78, 5) is 10.5. The van der Waals surface area contributed by atoms with Crippen molar-refractivity contribution < 1.29 is 15.0 Å². The molecule has 0 aliphatic rings. The maximum Gasteiger partial charge on any atom is 0.326 e. The van der Waals surface area contributed by atoms with Crippen molar-refractivity contribution in [3.05, 3.63) is 0 Å². The largest absolute Gasteiger partial charge is 0.480 e. The van der Waals surface area contributed by atoms with Crippen LogP contribution in [0.15, 0.2) is 0 Å². The van der Waals surface area contributed by atoms with E-state index >= 15 is 0 Å². The molecule has 0 aliphatic carbocycles. The van der Waals surface area contributed by atoms with Gasteiger partial charge in [-0.25, -0.2) is 0 Å². The highest BCUT2D eigenvalue weighted by molar-refractivity contribution is 7.80. The first-order chi connectivity index (χ1) is 4.95. The number of aliphatic carboxylic acids is 1. The molecule has 0 aromatic heterocycles. The highest BCUT2D eigenvalue weighted by Crippen LogP contribution is 2.13. The van der Waals surface area contributed by atoms with Gasteiger partial charge in [0.25, 0.3) is 0 Å². The topological polar surface area (TPSA) is 83.5 Å². The van der Waals surface area contributed by atoms with Gasteiger partial charge in [-0.1, -0.05) is 0 Å². The van der Waals surface area contributed by atoms with E-state index in [1.165, 1.54) is 6.92 Å². The van der Waals surface area contributed by atoms with Gasteiger partial charge in [-0.05, 0) is 19.1 Å². The molecule has 0 aromatic carbocycles. The molecular formula is C6H13NO3S. The molecule has 4 N–H and O–H groups in total. The van der Waals surface area contributed by atoms with Crippen LogP contribution < -0.4 is 5.73 Å². The van der Waals surface area contributed by atoms with Gasteiger partial charge in [0.2, 0.25) is 0 Å². The number of hydrogen-bond acceptors (Lipinski definition) is 4. The lowest BCUT2D eigenvalue weighted by atomic mass is 9.92. The molecule has 0 rings (SSSR count). The van der Waals surface area contributed by atoms with Gasteiger partial charge in [0.15, 0.2) is 0 Å². The molecule has 11 heavy (non-hydrogen) atoms. The molecule has 0 aromatic rings. The Labute approximate surface area is 70.8 Å². The van der Waals surface area contributed by atoms with E-state index in [2.05, 4.69) is 12.6 Å². The Morgan fingerprint density at radius 1 is 1.82 bits per heavy atom. The van der Waals surface area contributed by atoms with Crippen molar-refractivity contribution in [2.45, 2.75) is 25.0 Å². The molecule has 0 saturated carbocycles. The maximum absolute atomic E-state index is 10.5.